The molecule has 0 heterocycles. The van der Waals surface area contributed by atoms with Crippen LogP contribution in [0.5, 0.6) is 5.75 Å². The molecule has 3 N–H and O–H groups in total. The second-order valence-electron chi connectivity index (χ2n) is 3.70. The van der Waals surface area contributed by atoms with Gasteiger partial charge in [-0.25, -0.2) is 0 Å². The van der Waals surface area contributed by atoms with Gasteiger partial charge in [0.05, 0.1) is 18.8 Å². The molecule has 0 spiro atoms. The Morgan fingerprint density at radius 2 is 2.28 bits per heavy atom. The minimum Gasteiger partial charge on any atom is -0.493 e. The van der Waals surface area contributed by atoms with Crippen molar-refractivity contribution in [3.8, 4) is 17.6 Å². The summed E-state index contributed by atoms with van der Waals surface area (Å²) in [5.74, 6) is 5.59. The summed E-state index contributed by atoms with van der Waals surface area (Å²) in [5.41, 5.74) is 6.32. The van der Waals surface area contributed by atoms with E-state index in [2.05, 4.69) is 11.8 Å². The lowest BCUT2D eigenvalue weighted by Crippen LogP contribution is -2.13. The van der Waals surface area contributed by atoms with Crippen LogP contribution < -0.4 is 10.5 Å². The van der Waals surface area contributed by atoms with E-state index in [0.29, 0.717) is 29.9 Å². The molecule has 0 bridgehead atoms. The fraction of sp³-hybridized carbons (Fsp3) is 0.357. The van der Waals surface area contributed by atoms with Gasteiger partial charge in [0.25, 0.3) is 5.91 Å². The van der Waals surface area contributed by atoms with E-state index in [1.165, 1.54) is 0 Å². The highest BCUT2D eigenvalue weighted by molar-refractivity contribution is 5.96. The highest BCUT2D eigenvalue weighted by atomic mass is 16.5. The number of rotatable bonds is 5. The Labute approximate surface area is 107 Å². The molecule has 0 saturated carbocycles. The first kappa shape index (κ1) is 14.1. The molecular weight excluding hydrogens is 230 g/mol. The van der Waals surface area contributed by atoms with Gasteiger partial charge in [-0.15, -0.1) is 0 Å². The number of aliphatic hydroxyl groups is 1. The summed E-state index contributed by atoms with van der Waals surface area (Å²) in [4.78, 5) is 11.3. The molecule has 1 amide bonds. The van der Waals surface area contributed by atoms with E-state index >= 15 is 0 Å². The van der Waals surface area contributed by atoms with Gasteiger partial charge in [0.1, 0.15) is 5.75 Å². The number of hydrogen-bond acceptors (Lipinski definition) is 3. The molecule has 0 fully saturated rings. The summed E-state index contributed by atoms with van der Waals surface area (Å²) in [6.45, 7) is 2.54. The zero-order chi connectivity index (χ0) is 13.4. The quantitative estimate of drug-likeness (QED) is 0.770. The zero-order valence-electron chi connectivity index (χ0n) is 10.4. The number of hydrogen-bond donors (Lipinski definition) is 2. The standard InChI is InChI=1S/C14H17NO3/c1-2-9-18-13-7-6-11(5-3-4-8-16)10-12(13)14(15)17/h6-7,10,16H,2,4,8-9H2,1H3,(H2,15,17). The summed E-state index contributed by atoms with van der Waals surface area (Å²) in [7, 11) is 0. The minimum absolute atomic E-state index is 0.0212. The highest BCUT2D eigenvalue weighted by Gasteiger charge is 2.09. The summed E-state index contributed by atoms with van der Waals surface area (Å²) in [5, 5.41) is 8.63. The van der Waals surface area contributed by atoms with E-state index in [1.54, 1.807) is 18.2 Å². The van der Waals surface area contributed by atoms with Gasteiger partial charge in [0.15, 0.2) is 0 Å². The Morgan fingerprint density at radius 1 is 1.50 bits per heavy atom. The topological polar surface area (TPSA) is 72.6 Å². The third-order valence-corrected chi connectivity index (χ3v) is 2.18. The Balaban J connectivity index is 2.97. The van der Waals surface area contributed by atoms with Crippen molar-refractivity contribution in [2.75, 3.05) is 13.2 Å². The Kier molecular flexibility index (Phi) is 5.75. The van der Waals surface area contributed by atoms with Crippen LogP contribution in [-0.4, -0.2) is 24.2 Å². The van der Waals surface area contributed by atoms with Crippen LogP contribution >= 0.6 is 0 Å². The van der Waals surface area contributed by atoms with E-state index in [9.17, 15) is 4.79 Å². The predicted molar refractivity (Wildman–Crippen MR) is 69.3 cm³/mol. The minimum atomic E-state index is -0.535. The molecule has 1 aromatic rings. The molecule has 0 unspecified atom stereocenters. The van der Waals surface area contributed by atoms with Gasteiger partial charge in [0.2, 0.25) is 0 Å². The molecule has 96 valence electrons. The first-order valence-electron chi connectivity index (χ1n) is 5.85. The van der Waals surface area contributed by atoms with E-state index in [-0.39, 0.29) is 6.61 Å². The molecule has 0 radical (unpaired) electrons. The fourth-order valence-electron chi connectivity index (χ4n) is 1.36. The lowest BCUT2D eigenvalue weighted by atomic mass is 10.1. The number of carbonyl (C=O) groups excluding carboxylic acids is 1. The summed E-state index contributed by atoms with van der Waals surface area (Å²) >= 11 is 0. The molecule has 0 atom stereocenters. The normalized spacial score (nSPS) is 9.44. The molecule has 1 rings (SSSR count). The van der Waals surface area contributed by atoms with Crippen LogP contribution in [0.15, 0.2) is 18.2 Å². The van der Waals surface area contributed by atoms with E-state index in [4.69, 9.17) is 15.6 Å². The number of benzene rings is 1. The maximum Gasteiger partial charge on any atom is 0.252 e. The Hall–Kier alpha value is -1.99. The van der Waals surface area contributed by atoms with E-state index < -0.39 is 5.91 Å². The molecule has 4 heteroatoms. The molecule has 0 aliphatic carbocycles. The second-order valence-corrected chi connectivity index (χ2v) is 3.70. The van der Waals surface area contributed by atoms with Crippen LogP contribution in [0.4, 0.5) is 0 Å². The van der Waals surface area contributed by atoms with Crippen molar-refractivity contribution in [2.45, 2.75) is 19.8 Å². The number of primary amides is 1. The van der Waals surface area contributed by atoms with Gasteiger partial charge in [-0.1, -0.05) is 18.8 Å². The number of amides is 1. The third kappa shape index (κ3) is 4.11. The Bertz CT molecular complexity index is 472. The summed E-state index contributed by atoms with van der Waals surface area (Å²) in [6, 6.07) is 5.07. The fourth-order valence-corrected chi connectivity index (χ4v) is 1.36. The largest absolute Gasteiger partial charge is 0.493 e. The van der Waals surface area contributed by atoms with Crippen LogP contribution in [0.1, 0.15) is 35.7 Å². The molecule has 18 heavy (non-hydrogen) atoms. The van der Waals surface area contributed by atoms with E-state index in [1.807, 2.05) is 6.92 Å². The first-order valence-corrected chi connectivity index (χ1v) is 5.85. The average Bonchev–Trinajstić information content (AvgIpc) is 2.37. The van der Waals surface area contributed by atoms with Gasteiger partial charge in [-0.3, -0.25) is 4.79 Å². The van der Waals surface area contributed by atoms with Crippen LogP contribution in [0.2, 0.25) is 0 Å². The lowest BCUT2D eigenvalue weighted by molar-refractivity contribution is 0.0996. The van der Waals surface area contributed by atoms with Crippen molar-refractivity contribution in [1.82, 2.24) is 0 Å². The molecule has 0 aromatic heterocycles. The second kappa shape index (κ2) is 7.36. The van der Waals surface area contributed by atoms with Crippen molar-refractivity contribution in [2.24, 2.45) is 5.73 Å². The monoisotopic (exact) mass is 247 g/mol. The van der Waals surface area contributed by atoms with Gasteiger partial charge in [0, 0.05) is 12.0 Å². The summed E-state index contributed by atoms with van der Waals surface area (Å²) in [6.07, 6.45) is 1.26. The number of ether oxygens (including phenoxy) is 1. The number of aliphatic hydroxyl groups excluding tert-OH is 1. The molecule has 0 aliphatic rings. The predicted octanol–water partition coefficient (Wildman–Crippen LogP) is 1.31. The molecule has 1 aromatic carbocycles. The van der Waals surface area contributed by atoms with Crippen molar-refractivity contribution in [3.63, 3.8) is 0 Å². The molecule has 0 saturated heterocycles. The van der Waals surface area contributed by atoms with Crippen LogP contribution in [0.3, 0.4) is 0 Å². The lowest BCUT2D eigenvalue weighted by Gasteiger charge is -2.08. The first-order chi connectivity index (χ1) is 8.69. The van der Waals surface area contributed by atoms with Crippen molar-refractivity contribution in [3.05, 3.63) is 29.3 Å². The summed E-state index contributed by atoms with van der Waals surface area (Å²) < 4.78 is 5.44. The van der Waals surface area contributed by atoms with Crippen LogP contribution in [0.25, 0.3) is 0 Å². The van der Waals surface area contributed by atoms with Gasteiger partial charge >= 0.3 is 0 Å². The highest BCUT2D eigenvalue weighted by Crippen LogP contribution is 2.19. The smallest absolute Gasteiger partial charge is 0.252 e. The zero-order valence-corrected chi connectivity index (χ0v) is 10.4. The van der Waals surface area contributed by atoms with Crippen molar-refractivity contribution in [1.29, 1.82) is 0 Å². The van der Waals surface area contributed by atoms with Gasteiger partial charge < -0.3 is 15.6 Å². The van der Waals surface area contributed by atoms with Gasteiger partial charge in [-0.05, 0) is 24.6 Å². The van der Waals surface area contributed by atoms with Crippen LogP contribution in [-0.2, 0) is 0 Å². The van der Waals surface area contributed by atoms with E-state index in [0.717, 1.165) is 6.42 Å². The van der Waals surface area contributed by atoms with Crippen molar-refractivity contribution >= 4 is 5.91 Å². The SMILES string of the molecule is CCCOc1ccc(C#CCCO)cc1C(N)=O. The molecular formula is C14H17NO3. The van der Waals surface area contributed by atoms with Crippen molar-refractivity contribution < 1.29 is 14.6 Å². The van der Waals surface area contributed by atoms with Crippen LogP contribution in [0, 0.1) is 11.8 Å². The maximum atomic E-state index is 11.3. The number of carbonyl (C=O) groups is 1. The van der Waals surface area contributed by atoms with Gasteiger partial charge in [-0.2, -0.15) is 0 Å². The molecule has 4 nitrogen and oxygen atoms in total. The number of nitrogens with two attached hydrogens (primary N) is 1. The Morgan fingerprint density at radius 3 is 2.89 bits per heavy atom. The third-order valence-electron chi connectivity index (χ3n) is 2.18. The average molecular weight is 247 g/mol. The maximum absolute atomic E-state index is 11.3. The molecule has 0 aliphatic heterocycles.